The number of hydrogen-bond donors (Lipinski definition) is 2. The number of anilines is 1. The van der Waals surface area contributed by atoms with Crippen molar-refractivity contribution in [3.8, 4) is 0 Å². The molecule has 8 heteroatoms. The highest BCUT2D eigenvalue weighted by molar-refractivity contribution is 6.07. The number of carbonyl (C=O) groups is 3. The van der Waals surface area contributed by atoms with Crippen LogP contribution < -0.4 is 10.7 Å². The van der Waals surface area contributed by atoms with Gasteiger partial charge in [0, 0.05) is 17.7 Å². The molecule has 0 unspecified atom stereocenters. The van der Waals surface area contributed by atoms with Gasteiger partial charge in [-0.15, -0.1) is 0 Å². The number of para-hydroxylation sites is 1. The molecule has 0 bridgehead atoms. The fourth-order valence-corrected chi connectivity index (χ4v) is 3.52. The molecular formula is C22H25N3O5. The van der Waals surface area contributed by atoms with E-state index in [1.54, 1.807) is 38.1 Å². The molecule has 1 aliphatic heterocycles. The summed E-state index contributed by atoms with van der Waals surface area (Å²) in [5.74, 6) is -0.450. The summed E-state index contributed by atoms with van der Waals surface area (Å²) in [6, 6.07) is 14.7. The predicted octanol–water partition coefficient (Wildman–Crippen LogP) is 3.50. The minimum Gasteiger partial charge on any atom is -0.449 e. The maximum Gasteiger partial charge on any atom is 0.430 e. The van der Waals surface area contributed by atoms with E-state index in [1.165, 1.54) is 0 Å². The Labute approximate surface area is 175 Å². The summed E-state index contributed by atoms with van der Waals surface area (Å²) in [6.45, 7) is 5.44. The number of hydrogen-bond acceptors (Lipinski definition) is 5. The lowest BCUT2D eigenvalue weighted by molar-refractivity contribution is -0.128. The summed E-state index contributed by atoms with van der Waals surface area (Å²) in [5.41, 5.74) is 3.87. The van der Waals surface area contributed by atoms with Gasteiger partial charge in [0.25, 0.3) is 5.91 Å². The van der Waals surface area contributed by atoms with Gasteiger partial charge in [-0.3, -0.25) is 4.79 Å². The van der Waals surface area contributed by atoms with E-state index >= 15 is 0 Å². The van der Waals surface area contributed by atoms with E-state index in [0.717, 1.165) is 16.1 Å². The van der Waals surface area contributed by atoms with E-state index in [1.807, 2.05) is 31.2 Å². The Balaban J connectivity index is 2.15. The molecule has 0 radical (unpaired) electrons. The number of hydrazine groups is 1. The largest absolute Gasteiger partial charge is 0.449 e. The predicted molar refractivity (Wildman–Crippen MR) is 111 cm³/mol. The number of amides is 3. The number of benzene rings is 2. The molecule has 3 amide bonds. The molecule has 1 atom stereocenters. The fraction of sp³-hybridized carbons (Fsp3) is 0.318. The van der Waals surface area contributed by atoms with Crippen molar-refractivity contribution in [3.05, 3.63) is 65.2 Å². The van der Waals surface area contributed by atoms with Gasteiger partial charge in [-0.25, -0.2) is 15.0 Å². The van der Waals surface area contributed by atoms with Crippen LogP contribution in [0.5, 0.6) is 0 Å². The topological polar surface area (TPSA) is 97.0 Å². The first kappa shape index (κ1) is 21.2. The van der Waals surface area contributed by atoms with Crippen molar-refractivity contribution in [2.45, 2.75) is 32.7 Å². The summed E-state index contributed by atoms with van der Waals surface area (Å²) >= 11 is 0. The highest BCUT2D eigenvalue weighted by atomic mass is 16.6. The number of aryl methyl sites for hydroxylation is 1. The van der Waals surface area contributed by atoms with Gasteiger partial charge >= 0.3 is 12.2 Å². The number of ether oxygens (including phenoxy) is 2. The Hall–Kier alpha value is -3.55. The second-order valence-corrected chi connectivity index (χ2v) is 6.89. The molecule has 1 aliphatic rings. The fourth-order valence-electron chi connectivity index (χ4n) is 3.52. The summed E-state index contributed by atoms with van der Waals surface area (Å²) in [5, 5.41) is 3.76. The van der Waals surface area contributed by atoms with E-state index in [0.29, 0.717) is 11.3 Å². The van der Waals surface area contributed by atoms with Crippen LogP contribution in [0.25, 0.3) is 0 Å². The zero-order valence-corrected chi connectivity index (χ0v) is 17.2. The van der Waals surface area contributed by atoms with Crippen LogP contribution >= 0.6 is 0 Å². The minimum absolute atomic E-state index is 0.0731. The Morgan fingerprint density at radius 1 is 1.03 bits per heavy atom. The summed E-state index contributed by atoms with van der Waals surface area (Å²) in [4.78, 5) is 38.6. The highest BCUT2D eigenvalue weighted by Crippen LogP contribution is 2.42. The Morgan fingerprint density at radius 2 is 1.70 bits per heavy atom. The van der Waals surface area contributed by atoms with E-state index < -0.39 is 23.6 Å². The third kappa shape index (κ3) is 3.94. The smallest absolute Gasteiger partial charge is 0.430 e. The van der Waals surface area contributed by atoms with Crippen LogP contribution in [-0.2, 0) is 26.2 Å². The Bertz CT molecular complexity index is 944. The van der Waals surface area contributed by atoms with Gasteiger partial charge < -0.3 is 14.8 Å². The zero-order valence-electron chi connectivity index (χ0n) is 17.2. The van der Waals surface area contributed by atoms with Crippen LogP contribution in [0, 0.1) is 6.92 Å². The summed E-state index contributed by atoms with van der Waals surface area (Å²) in [7, 11) is 0. The average molecular weight is 411 g/mol. The van der Waals surface area contributed by atoms with Gasteiger partial charge in [-0.2, -0.15) is 5.01 Å². The van der Waals surface area contributed by atoms with Crippen molar-refractivity contribution in [2.24, 2.45) is 0 Å². The van der Waals surface area contributed by atoms with Crippen molar-refractivity contribution in [3.63, 3.8) is 0 Å². The van der Waals surface area contributed by atoms with Crippen molar-refractivity contribution < 1.29 is 23.9 Å². The van der Waals surface area contributed by atoms with E-state index in [9.17, 15) is 14.4 Å². The number of nitrogens with zero attached hydrogens (tertiary/aromatic N) is 1. The quantitative estimate of drug-likeness (QED) is 0.734. The third-order valence-corrected chi connectivity index (χ3v) is 4.89. The first-order chi connectivity index (χ1) is 14.4. The summed E-state index contributed by atoms with van der Waals surface area (Å²) < 4.78 is 10.1. The van der Waals surface area contributed by atoms with Crippen molar-refractivity contribution >= 4 is 23.8 Å². The van der Waals surface area contributed by atoms with Gasteiger partial charge in [-0.05, 0) is 32.4 Å². The molecule has 30 heavy (non-hydrogen) atoms. The molecule has 2 N–H and O–H groups in total. The molecule has 0 spiro atoms. The molecule has 2 aromatic carbocycles. The molecular weight excluding hydrogens is 386 g/mol. The highest BCUT2D eigenvalue weighted by Gasteiger charge is 2.55. The maximum atomic E-state index is 13.4. The molecule has 2 aromatic rings. The number of nitrogens with one attached hydrogen (secondary N) is 2. The van der Waals surface area contributed by atoms with Crippen molar-refractivity contribution in [2.75, 3.05) is 18.5 Å². The Morgan fingerprint density at radius 3 is 2.37 bits per heavy atom. The Kier molecular flexibility index (Phi) is 6.25. The lowest BCUT2D eigenvalue weighted by Crippen LogP contribution is -2.62. The van der Waals surface area contributed by atoms with Gasteiger partial charge in [0.2, 0.25) is 0 Å². The van der Waals surface area contributed by atoms with E-state index in [4.69, 9.17) is 9.47 Å². The molecule has 0 saturated heterocycles. The van der Waals surface area contributed by atoms with Crippen LogP contribution in [0.2, 0.25) is 0 Å². The van der Waals surface area contributed by atoms with Crippen LogP contribution in [0.15, 0.2) is 48.5 Å². The molecule has 158 valence electrons. The normalized spacial score (nSPS) is 17.0. The van der Waals surface area contributed by atoms with Crippen molar-refractivity contribution in [1.29, 1.82) is 0 Å². The standard InChI is InChI=1S/C22H25N3O5/c1-4-29-20(27)24-25(21(28)30-5-2)22(14-16-12-10-15(3)11-13-16)17-8-6-7-9-18(17)23-19(22)26/h6-13H,4-5,14H2,1-3H3,(H,23,26)(H,24,27)/t22-/m1/s1. The van der Waals surface area contributed by atoms with Gasteiger partial charge in [0.15, 0.2) is 5.54 Å². The minimum atomic E-state index is -1.55. The van der Waals surface area contributed by atoms with Gasteiger partial charge in [0.05, 0.1) is 13.2 Å². The van der Waals surface area contributed by atoms with Crippen LogP contribution in [0.3, 0.4) is 0 Å². The van der Waals surface area contributed by atoms with E-state index in [2.05, 4.69) is 10.7 Å². The van der Waals surface area contributed by atoms with Crippen LogP contribution in [-0.4, -0.2) is 36.3 Å². The molecule has 8 nitrogen and oxygen atoms in total. The zero-order chi connectivity index (χ0) is 21.7. The second-order valence-electron chi connectivity index (χ2n) is 6.89. The number of carbonyl (C=O) groups excluding carboxylic acids is 3. The second kappa shape index (κ2) is 8.86. The monoisotopic (exact) mass is 411 g/mol. The average Bonchev–Trinajstić information content (AvgIpc) is 3.00. The molecule has 3 rings (SSSR count). The van der Waals surface area contributed by atoms with Gasteiger partial charge in [-0.1, -0.05) is 48.0 Å². The number of fused-ring (bicyclic) bond motifs is 1. The summed E-state index contributed by atoms with van der Waals surface area (Å²) in [6.07, 6.45) is -1.59. The van der Waals surface area contributed by atoms with Crippen molar-refractivity contribution in [1.82, 2.24) is 10.4 Å². The molecule has 0 saturated carbocycles. The molecule has 0 fully saturated rings. The lowest BCUT2D eigenvalue weighted by atomic mass is 9.84. The van der Waals surface area contributed by atoms with Gasteiger partial charge in [0.1, 0.15) is 0 Å². The van der Waals surface area contributed by atoms with Crippen LogP contribution in [0.1, 0.15) is 30.5 Å². The third-order valence-electron chi connectivity index (χ3n) is 4.89. The first-order valence-electron chi connectivity index (χ1n) is 9.79. The SMILES string of the molecule is CCOC(=O)NN(C(=O)OCC)[C@@]1(Cc2ccc(C)cc2)C(=O)Nc2ccccc21. The number of rotatable bonds is 5. The maximum absolute atomic E-state index is 13.4. The molecule has 1 heterocycles. The first-order valence-corrected chi connectivity index (χ1v) is 9.79. The molecule has 0 aromatic heterocycles. The lowest BCUT2D eigenvalue weighted by Gasteiger charge is -2.38. The van der Waals surface area contributed by atoms with Crippen LogP contribution in [0.4, 0.5) is 15.3 Å². The molecule has 0 aliphatic carbocycles. The van der Waals surface area contributed by atoms with E-state index in [-0.39, 0.29) is 19.6 Å².